The van der Waals surface area contributed by atoms with Gasteiger partial charge in [0.25, 0.3) is 0 Å². The van der Waals surface area contributed by atoms with Gasteiger partial charge in [0, 0.05) is 22.2 Å². The van der Waals surface area contributed by atoms with Gasteiger partial charge in [0.15, 0.2) is 5.78 Å². The number of halogens is 3. The largest absolute Gasteiger partial charge is 0.378 e. The van der Waals surface area contributed by atoms with Crippen LogP contribution in [-0.2, 0) is 0 Å². The molecule has 3 atom stereocenters. The molecule has 2 nitrogen and oxygen atoms in total. The first-order valence-corrected chi connectivity index (χ1v) is 11.6. The molecule has 0 fully saturated rings. The van der Waals surface area contributed by atoms with Crippen LogP contribution in [0.25, 0.3) is 6.08 Å². The number of hydrogen-bond donors (Lipinski definition) is 1. The molecule has 3 aromatic carbocycles. The minimum absolute atomic E-state index is 0.0674. The van der Waals surface area contributed by atoms with Gasteiger partial charge in [-0.05, 0) is 77.6 Å². The zero-order valence-electron chi connectivity index (χ0n) is 17.1. The molecule has 0 saturated carbocycles. The monoisotopic (exact) mass is 479 g/mol. The second-order valence-electron chi connectivity index (χ2n) is 8.17. The molecule has 160 valence electrons. The highest BCUT2D eigenvalue weighted by molar-refractivity contribution is 6.43. The summed E-state index contributed by atoms with van der Waals surface area (Å²) >= 11 is 18.4. The molecule has 0 aromatic heterocycles. The molecule has 5 heteroatoms. The molecule has 0 saturated heterocycles. The molecular weight excluding hydrogens is 461 g/mol. The Balaban J connectivity index is 1.43. The minimum Gasteiger partial charge on any atom is -0.378 e. The van der Waals surface area contributed by atoms with Gasteiger partial charge in [-0.2, -0.15) is 0 Å². The number of hydrogen-bond acceptors (Lipinski definition) is 2. The lowest BCUT2D eigenvalue weighted by Crippen LogP contribution is -2.29. The van der Waals surface area contributed by atoms with E-state index in [9.17, 15) is 4.79 Å². The Labute approximate surface area is 202 Å². The Hall–Kier alpha value is -2.52. The number of ketones is 1. The highest BCUT2D eigenvalue weighted by Gasteiger charge is 2.38. The van der Waals surface area contributed by atoms with E-state index in [2.05, 4.69) is 29.6 Å². The van der Waals surface area contributed by atoms with Gasteiger partial charge in [0.05, 0.1) is 16.1 Å². The first-order valence-electron chi connectivity index (χ1n) is 10.5. The smallest absolute Gasteiger partial charge is 0.185 e. The normalized spacial score (nSPS) is 21.3. The summed E-state index contributed by atoms with van der Waals surface area (Å²) in [5, 5.41) is 5.35. The first-order chi connectivity index (χ1) is 15.5. The van der Waals surface area contributed by atoms with Crippen LogP contribution < -0.4 is 5.32 Å². The Morgan fingerprint density at radius 3 is 2.62 bits per heavy atom. The molecule has 3 aromatic rings. The fourth-order valence-electron chi connectivity index (χ4n) is 4.66. The van der Waals surface area contributed by atoms with Gasteiger partial charge >= 0.3 is 0 Å². The molecule has 0 radical (unpaired) electrons. The molecule has 0 spiro atoms. The molecule has 0 amide bonds. The van der Waals surface area contributed by atoms with E-state index < -0.39 is 0 Å². The van der Waals surface area contributed by atoms with Crippen LogP contribution in [0.1, 0.15) is 45.4 Å². The lowest BCUT2D eigenvalue weighted by Gasteiger charge is -2.37. The average molecular weight is 481 g/mol. The second kappa shape index (κ2) is 8.78. The average Bonchev–Trinajstić information content (AvgIpc) is 3.30. The fraction of sp³-hybridized carbons (Fsp3) is 0.148. The molecule has 2 aliphatic rings. The third-order valence-electron chi connectivity index (χ3n) is 6.27. The number of rotatable bonds is 4. The number of allylic oxidation sites excluding steroid dienone is 3. The van der Waals surface area contributed by atoms with E-state index in [0.29, 0.717) is 21.5 Å². The van der Waals surface area contributed by atoms with Gasteiger partial charge in [-0.1, -0.05) is 71.2 Å². The lowest BCUT2D eigenvalue weighted by atomic mass is 9.76. The van der Waals surface area contributed by atoms with Gasteiger partial charge in [-0.3, -0.25) is 4.79 Å². The molecule has 32 heavy (non-hydrogen) atoms. The maximum absolute atomic E-state index is 12.9. The van der Waals surface area contributed by atoms with Gasteiger partial charge in [0.2, 0.25) is 0 Å². The zero-order valence-corrected chi connectivity index (χ0v) is 19.3. The Bertz CT molecular complexity index is 1250. The molecule has 1 aliphatic heterocycles. The number of benzene rings is 3. The van der Waals surface area contributed by atoms with Crippen molar-refractivity contribution < 1.29 is 4.79 Å². The van der Waals surface area contributed by atoms with Crippen molar-refractivity contribution in [2.45, 2.75) is 18.4 Å². The van der Waals surface area contributed by atoms with Crippen molar-refractivity contribution in [3.8, 4) is 0 Å². The third kappa shape index (κ3) is 3.99. The summed E-state index contributed by atoms with van der Waals surface area (Å²) in [6.45, 7) is 0. The Morgan fingerprint density at radius 1 is 1.00 bits per heavy atom. The summed E-state index contributed by atoms with van der Waals surface area (Å²) in [4.78, 5) is 12.9. The summed E-state index contributed by atoms with van der Waals surface area (Å²) < 4.78 is 0. The number of carbonyl (C=O) groups is 1. The predicted molar refractivity (Wildman–Crippen MR) is 134 cm³/mol. The van der Waals surface area contributed by atoms with Gasteiger partial charge in [0.1, 0.15) is 0 Å². The van der Waals surface area contributed by atoms with E-state index in [0.717, 1.165) is 28.3 Å². The summed E-state index contributed by atoms with van der Waals surface area (Å²) in [7, 11) is 0. The van der Waals surface area contributed by atoms with Crippen LogP contribution in [-0.4, -0.2) is 5.78 Å². The summed E-state index contributed by atoms with van der Waals surface area (Å²) in [5.41, 5.74) is 4.83. The fourth-order valence-corrected chi connectivity index (χ4v) is 5.16. The molecule has 0 bridgehead atoms. The second-order valence-corrected chi connectivity index (χ2v) is 9.39. The van der Waals surface area contributed by atoms with Gasteiger partial charge in [-0.25, -0.2) is 0 Å². The van der Waals surface area contributed by atoms with E-state index >= 15 is 0 Å². The predicted octanol–water partition coefficient (Wildman–Crippen LogP) is 8.37. The zero-order chi connectivity index (χ0) is 22.2. The van der Waals surface area contributed by atoms with Crippen molar-refractivity contribution in [3.05, 3.63) is 116 Å². The first kappa shape index (κ1) is 21.3. The molecule has 1 aliphatic carbocycles. The van der Waals surface area contributed by atoms with E-state index in [1.54, 1.807) is 18.2 Å². The molecule has 1 heterocycles. The number of nitrogens with one attached hydrogen (secondary N) is 1. The number of fused-ring (bicyclic) bond motifs is 3. The molecule has 3 unspecified atom stereocenters. The van der Waals surface area contributed by atoms with E-state index in [1.165, 1.54) is 5.56 Å². The van der Waals surface area contributed by atoms with Crippen LogP contribution in [0.2, 0.25) is 15.1 Å². The van der Waals surface area contributed by atoms with Crippen molar-refractivity contribution in [1.29, 1.82) is 0 Å². The minimum atomic E-state index is -0.0674. The van der Waals surface area contributed by atoms with Gasteiger partial charge in [-0.15, -0.1) is 0 Å². The molecular formula is C27H20Cl3NO. The van der Waals surface area contributed by atoms with Crippen LogP contribution in [0.3, 0.4) is 0 Å². The molecule has 1 N–H and O–H groups in total. The maximum atomic E-state index is 12.9. The number of carbonyl (C=O) groups excluding carboxylic acids is 1. The third-order valence-corrected chi connectivity index (χ3v) is 7.36. The van der Waals surface area contributed by atoms with Crippen LogP contribution in [0.15, 0.2) is 78.9 Å². The highest BCUT2D eigenvalue weighted by atomic mass is 35.5. The van der Waals surface area contributed by atoms with Gasteiger partial charge < -0.3 is 5.32 Å². The summed E-state index contributed by atoms with van der Waals surface area (Å²) in [6, 6.07) is 19.5. The summed E-state index contributed by atoms with van der Waals surface area (Å²) in [5.74, 6) is 0.600. The van der Waals surface area contributed by atoms with Crippen LogP contribution in [0.4, 0.5) is 5.69 Å². The lowest BCUT2D eigenvalue weighted by molar-refractivity contribution is 0.104. The summed E-state index contributed by atoms with van der Waals surface area (Å²) in [6.07, 6.45) is 8.76. The van der Waals surface area contributed by atoms with Crippen molar-refractivity contribution in [1.82, 2.24) is 0 Å². The standard InChI is InChI=1S/C27H20Cl3NO/c28-19-11-7-17(8-12-19)27-21-5-2-4-20(21)22-15-18(9-13-24(22)31-27)25(32)14-10-16-3-1-6-23(29)26(16)30/h1-4,6-15,20-21,27,31H,5H2/b14-10+. The van der Waals surface area contributed by atoms with E-state index in [-0.39, 0.29) is 17.7 Å². The van der Waals surface area contributed by atoms with Crippen molar-refractivity contribution >= 4 is 52.3 Å². The highest BCUT2D eigenvalue weighted by Crippen LogP contribution is 2.50. The Morgan fingerprint density at radius 2 is 1.81 bits per heavy atom. The van der Waals surface area contributed by atoms with E-state index in [1.807, 2.05) is 42.5 Å². The van der Waals surface area contributed by atoms with Crippen LogP contribution >= 0.6 is 34.8 Å². The SMILES string of the molecule is O=C(/C=C/c1cccc(Cl)c1Cl)c1ccc2c(c1)C1C=CCC1C(c1ccc(Cl)cc1)N2. The quantitative estimate of drug-likeness (QED) is 0.231. The Kier molecular flexibility index (Phi) is 5.86. The number of anilines is 1. The van der Waals surface area contributed by atoms with Crippen molar-refractivity contribution in [3.63, 3.8) is 0 Å². The van der Waals surface area contributed by atoms with Crippen molar-refractivity contribution in [2.75, 3.05) is 5.32 Å². The maximum Gasteiger partial charge on any atom is 0.185 e. The molecule has 5 rings (SSSR count). The van der Waals surface area contributed by atoms with E-state index in [4.69, 9.17) is 34.8 Å². The van der Waals surface area contributed by atoms with Crippen LogP contribution in [0, 0.1) is 5.92 Å². The topological polar surface area (TPSA) is 29.1 Å². The van der Waals surface area contributed by atoms with Crippen LogP contribution in [0.5, 0.6) is 0 Å². The van der Waals surface area contributed by atoms with Crippen molar-refractivity contribution in [2.24, 2.45) is 5.92 Å².